The average molecular weight is 385 g/mol. The van der Waals surface area contributed by atoms with Crippen molar-refractivity contribution in [2.24, 2.45) is 23.2 Å². The van der Waals surface area contributed by atoms with Gasteiger partial charge in [-0.25, -0.2) is 0 Å². The highest BCUT2D eigenvalue weighted by atomic mass is 16.5. The maximum Gasteiger partial charge on any atom is 0.182 e. The molecule has 1 N–H and O–H groups in total. The second-order valence-corrected chi connectivity index (χ2v) is 10.4. The van der Waals surface area contributed by atoms with E-state index in [0.29, 0.717) is 11.8 Å². The Balaban J connectivity index is 1.71. The third kappa shape index (κ3) is 2.97. The minimum absolute atomic E-state index is 0.00588. The number of aliphatic hydroxyl groups excluding tert-OH is 1. The quantitative estimate of drug-likeness (QED) is 0.670. The van der Waals surface area contributed by atoms with Gasteiger partial charge in [0.1, 0.15) is 0 Å². The van der Waals surface area contributed by atoms with Gasteiger partial charge in [0.05, 0.1) is 18.3 Å². The predicted molar refractivity (Wildman–Crippen MR) is 112 cm³/mol. The van der Waals surface area contributed by atoms with Gasteiger partial charge in [-0.15, -0.1) is 0 Å². The molecule has 1 heterocycles. The zero-order chi connectivity index (χ0) is 20.3. The maximum absolute atomic E-state index is 12.6. The fourth-order valence-corrected chi connectivity index (χ4v) is 7.01. The summed E-state index contributed by atoms with van der Waals surface area (Å²) in [4.78, 5) is 12.6. The van der Waals surface area contributed by atoms with Crippen LogP contribution in [0.1, 0.15) is 73.1 Å². The Morgan fingerprint density at radius 2 is 2.11 bits per heavy atom. The lowest BCUT2D eigenvalue weighted by Gasteiger charge is -2.44. The first-order chi connectivity index (χ1) is 13.2. The van der Waals surface area contributed by atoms with Crippen LogP contribution >= 0.6 is 0 Å². The molecule has 3 nitrogen and oxygen atoms in total. The summed E-state index contributed by atoms with van der Waals surface area (Å²) < 4.78 is 6.86. The lowest BCUT2D eigenvalue weighted by molar-refractivity contribution is -0.111. The lowest BCUT2D eigenvalue weighted by Crippen LogP contribution is -2.44. The van der Waals surface area contributed by atoms with Crippen LogP contribution in [0.4, 0.5) is 0 Å². The molecule has 0 radical (unpaired) electrons. The van der Waals surface area contributed by atoms with Crippen molar-refractivity contribution in [3.8, 4) is 0 Å². The molecule has 1 saturated heterocycles. The van der Waals surface area contributed by atoms with Gasteiger partial charge in [-0.05, 0) is 88.2 Å². The highest BCUT2D eigenvalue weighted by Gasteiger charge is 2.61. The van der Waals surface area contributed by atoms with Gasteiger partial charge in [0.25, 0.3) is 0 Å². The molecule has 2 fully saturated rings. The Kier molecular flexibility index (Phi) is 4.99. The normalized spacial score (nSPS) is 42.9. The molecule has 0 aromatic rings. The Morgan fingerprint density at radius 1 is 1.36 bits per heavy atom. The average Bonchev–Trinajstić information content (AvgIpc) is 3.14. The van der Waals surface area contributed by atoms with Crippen molar-refractivity contribution in [1.82, 2.24) is 0 Å². The van der Waals surface area contributed by atoms with Gasteiger partial charge in [-0.3, -0.25) is 4.79 Å². The molecular formula is C25H36O3. The number of ether oxygens (including phenoxy) is 1. The summed E-state index contributed by atoms with van der Waals surface area (Å²) in [6.07, 6.45) is 10.6. The van der Waals surface area contributed by atoms with Gasteiger partial charge in [-0.1, -0.05) is 31.1 Å². The van der Waals surface area contributed by atoms with Crippen LogP contribution in [0.15, 0.2) is 34.4 Å². The van der Waals surface area contributed by atoms with Gasteiger partial charge in [-0.2, -0.15) is 0 Å². The van der Waals surface area contributed by atoms with E-state index in [1.165, 1.54) is 17.6 Å². The second-order valence-electron chi connectivity index (χ2n) is 10.4. The Hall–Kier alpha value is -1.19. The Labute approximate surface area is 169 Å². The van der Waals surface area contributed by atoms with Crippen LogP contribution < -0.4 is 0 Å². The molecule has 28 heavy (non-hydrogen) atoms. The maximum atomic E-state index is 12.6. The summed E-state index contributed by atoms with van der Waals surface area (Å²) in [5, 5.41) is 10.0. The summed E-state index contributed by atoms with van der Waals surface area (Å²) in [5.74, 6) is 1.35. The zero-order valence-corrected chi connectivity index (χ0v) is 18.2. The van der Waals surface area contributed by atoms with E-state index in [2.05, 4.69) is 40.7 Å². The molecule has 4 aliphatic rings. The van der Waals surface area contributed by atoms with E-state index >= 15 is 0 Å². The van der Waals surface area contributed by atoms with Crippen molar-refractivity contribution in [3.05, 3.63) is 34.4 Å². The van der Waals surface area contributed by atoms with Crippen LogP contribution in [0, 0.1) is 23.2 Å². The van der Waals surface area contributed by atoms with Gasteiger partial charge in [0.2, 0.25) is 0 Å². The molecule has 1 aliphatic heterocycles. The minimum atomic E-state index is -0.0519. The number of hydrogen-bond donors (Lipinski definition) is 1. The third-order valence-corrected chi connectivity index (χ3v) is 8.33. The summed E-state index contributed by atoms with van der Waals surface area (Å²) in [6, 6.07) is 0. The summed E-state index contributed by atoms with van der Waals surface area (Å²) in [6.45, 7) is 11.2. The molecule has 154 valence electrons. The highest BCUT2D eigenvalue weighted by molar-refractivity contribution is 6.08. The molecule has 3 aliphatic carbocycles. The van der Waals surface area contributed by atoms with Gasteiger partial charge in [0.15, 0.2) is 5.78 Å². The largest absolute Gasteiger partial charge is 0.392 e. The van der Waals surface area contributed by atoms with E-state index in [1.807, 2.05) is 6.08 Å². The van der Waals surface area contributed by atoms with Crippen LogP contribution in [0.2, 0.25) is 0 Å². The monoisotopic (exact) mass is 384 g/mol. The predicted octanol–water partition coefficient (Wildman–Crippen LogP) is 5.15. The van der Waals surface area contributed by atoms with E-state index in [4.69, 9.17) is 4.74 Å². The lowest BCUT2D eigenvalue weighted by atomic mass is 9.63. The van der Waals surface area contributed by atoms with Gasteiger partial charge < -0.3 is 9.84 Å². The van der Waals surface area contributed by atoms with Crippen LogP contribution in [0.3, 0.4) is 0 Å². The minimum Gasteiger partial charge on any atom is -0.392 e. The molecule has 6 unspecified atom stereocenters. The molecule has 0 bridgehead atoms. The summed E-state index contributed by atoms with van der Waals surface area (Å²) >= 11 is 0. The standard InChI is InChI=1S/C25H36O3/c1-15(2)10-19-12-17(4)25(28-19)9-8-24(5)13-20-16(3)11-21(27)23(20)18(14-26)6-7-22(24)25/h10-11,17,19-20,22,26H,6-9,12-14H2,1-5H3. The van der Waals surface area contributed by atoms with Crippen LogP contribution in [-0.2, 0) is 9.53 Å². The molecule has 0 aromatic heterocycles. The van der Waals surface area contributed by atoms with E-state index in [0.717, 1.165) is 43.3 Å². The van der Waals surface area contributed by atoms with Gasteiger partial charge >= 0.3 is 0 Å². The number of fused-ring (bicyclic) bond motifs is 3. The van der Waals surface area contributed by atoms with Crippen LogP contribution in [-0.4, -0.2) is 29.2 Å². The molecule has 1 spiro atoms. The van der Waals surface area contributed by atoms with Crippen molar-refractivity contribution < 1.29 is 14.6 Å². The molecule has 4 rings (SSSR count). The first-order valence-electron chi connectivity index (χ1n) is 11.1. The van der Waals surface area contributed by atoms with Gasteiger partial charge in [0, 0.05) is 11.5 Å². The summed E-state index contributed by atoms with van der Waals surface area (Å²) in [5.41, 5.74) is 4.51. The van der Waals surface area contributed by atoms with Crippen molar-refractivity contribution >= 4 is 5.78 Å². The molecule has 3 heteroatoms. The third-order valence-electron chi connectivity index (χ3n) is 8.33. The smallest absolute Gasteiger partial charge is 0.182 e. The molecular weight excluding hydrogens is 348 g/mol. The van der Waals surface area contributed by atoms with Crippen molar-refractivity contribution in [1.29, 1.82) is 0 Å². The fourth-order valence-electron chi connectivity index (χ4n) is 7.01. The number of rotatable bonds is 2. The number of carbonyl (C=O) groups excluding carboxylic acids is 1. The molecule has 6 atom stereocenters. The zero-order valence-electron chi connectivity index (χ0n) is 18.2. The Morgan fingerprint density at radius 3 is 2.79 bits per heavy atom. The number of ketones is 1. The van der Waals surface area contributed by atoms with Crippen LogP contribution in [0.5, 0.6) is 0 Å². The number of carbonyl (C=O) groups is 1. The fraction of sp³-hybridized carbons (Fsp3) is 0.720. The van der Waals surface area contributed by atoms with E-state index in [1.54, 1.807) is 0 Å². The molecule has 0 amide bonds. The van der Waals surface area contributed by atoms with Crippen molar-refractivity contribution in [2.75, 3.05) is 6.61 Å². The number of hydrogen-bond acceptors (Lipinski definition) is 3. The Bertz CT molecular complexity index is 769. The van der Waals surface area contributed by atoms with E-state index in [-0.39, 0.29) is 35.4 Å². The van der Waals surface area contributed by atoms with E-state index < -0.39 is 0 Å². The molecule has 0 aromatic carbocycles. The van der Waals surface area contributed by atoms with Crippen LogP contribution in [0.25, 0.3) is 0 Å². The first-order valence-corrected chi connectivity index (χ1v) is 11.1. The highest BCUT2D eigenvalue weighted by Crippen LogP contribution is 2.63. The van der Waals surface area contributed by atoms with E-state index in [9.17, 15) is 9.90 Å². The van der Waals surface area contributed by atoms with Crippen molar-refractivity contribution in [2.45, 2.75) is 84.8 Å². The molecule has 1 saturated carbocycles. The SMILES string of the molecule is CC(C)=CC1CC(C)C2(CCC3(C)CC4C(C)=CC(=O)C4=C(CO)CCC32)O1. The number of aliphatic hydroxyl groups is 1. The number of allylic oxidation sites excluding steroid dienone is 4. The topological polar surface area (TPSA) is 46.5 Å². The summed E-state index contributed by atoms with van der Waals surface area (Å²) in [7, 11) is 0. The van der Waals surface area contributed by atoms with Crippen molar-refractivity contribution in [3.63, 3.8) is 0 Å². The first kappa shape index (κ1) is 20.1. The second kappa shape index (κ2) is 6.95.